The van der Waals surface area contributed by atoms with Gasteiger partial charge in [0.2, 0.25) is 0 Å². The normalized spacial score (nSPS) is 12.8. The summed E-state index contributed by atoms with van der Waals surface area (Å²) in [4.78, 5) is 26.0. The summed E-state index contributed by atoms with van der Waals surface area (Å²) in [7, 11) is 0. The van der Waals surface area contributed by atoms with Gasteiger partial charge in [0.15, 0.2) is 5.60 Å². The molecule has 37 heavy (non-hydrogen) atoms. The fourth-order valence-electron chi connectivity index (χ4n) is 3.95. The van der Waals surface area contributed by atoms with Crippen LogP contribution >= 0.6 is 23.2 Å². The Morgan fingerprint density at radius 1 is 1.11 bits per heavy atom. The van der Waals surface area contributed by atoms with Crippen LogP contribution in [0.4, 0.5) is 4.39 Å². The van der Waals surface area contributed by atoms with Crippen LogP contribution in [0.2, 0.25) is 10.0 Å². The molecule has 0 saturated carbocycles. The molecule has 0 bridgehead atoms. The number of esters is 1. The maximum Gasteiger partial charge on any atom is 0.343 e. The molecule has 5 nitrogen and oxygen atoms in total. The molecule has 0 aliphatic heterocycles. The average Bonchev–Trinajstić information content (AvgIpc) is 2.85. The molecule has 0 fully saturated rings. The highest BCUT2D eigenvalue weighted by Crippen LogP contribution is 2.28. The number of carbonyl (C=O) groups excluding carboxylic acids is 2. The number of nitriles is 1. The van der Waals surface area contributed by atoms with E-state index in [4.69, 9.17) is 27.9 Å². The van der Waals surface area contributed by atoms with E-state index in [9.17, 15) is 19.2 Å². The van der Waals surface area contributed by atoms with Crippen molar-refractivity contribution in [3.05, 3.63) is 104 Å². The monoisotopic (exact) mass is 540 g/mol. The first-order valence-corrected chi connectivity index (χ1v) is 12.4. The van der Waals surface area contributed by atoms with Crippen molar-refractivity contribution in [3.8, 4) is 6.07 Å². The van der Waals surface area contributed by atoms with Gasteiger partial charge in [0.1, 0.15) is 11.4 Å². The van der Waals surface area contributed by atoms with Crippen molar-refractivity contribution < 1.29 is 18.7 Å². The Kier molecular flexibility index (Phi) is 8.96. The van der Waals surface area contributed by atoms with Crippen molar-refractivity contribution in [1.82, 2.24) is 5.32 Å². The first-order valence-electron chi connectivity index (χ1n) is 11.7. The number of aryl methyl sites for hydroxylation is 1. The van der Waals surface area contributed by atoms with Crippen molar-refractivity contribution in [2.45, 2.75) is 51.7 Å². The van der Waals surface area contributed by atoms with E-state index >= 15 is 0 Å². The van der Waals surface area contributed by atoms with Gasteiger partial charge in [-0.15, -0.1) is 0 Å². The van der Waals surface area contributed by atoms with Gasteiger partial charge in [0.05, 0.1) is 16.7 Å². The van der Waals surface area contributed by atoms with Crippen LogP contribution in [0.1, 0.15) is 59.3 Å². The van der Waals surface area contributed by atoms with E-state index in [2.05, 4.69) is 11.4 Å². The maximum absolute atomic E-state index is 14.6. The van der Waals surface area contributed by atoms with E-state index < -0.39 is 34.9 Å². The van der Waals surface area contributed by atoms with E-state index in [1.165, 1.54) is 32.9 Å². The minimum absolute atomic E-state index is 0.0990. The summed E-state index contributed by atoms with van der Waals surface area (Å²) < 4.78 is 20.0. The zero-order valence-electron chi connectivity index (χ0n) is 20.9. The van der Waals surface area contributed by atoms with Gasteiger partial charge in [-0.2, -0.15) is 5.26 Å². The Bertz CT molecular complexity index is 1350. The molecule has 0 aliphatic rings. The fourth-order valence-corrected chi connectivity index (χ4v) is 4.30. The highest BCUT2D eigenvalue weighted by Gasteiger charge is 2.36. The lowest BCUT2D eigenvalue weighted by Crippen LogP contribution is -2.50. The maximum atomic E-state index is 14.6. The molecule has 3 aromatic carbocycles. The lowest BCUT2D eigenvalue weighted by Gasteiger charge is -2.30. The Hall–Kier alpha value is -3.40. The number of halogens is 3. The molecule has 0 aromatic heterocycles. The standard InChI is InChI=1S/C29H27Cl2FN2O3/c1-17-8-13-24(31)25(26(17)32)27(35)37-29(3,4)28(36)34-18(2)23(15-19-9-11-22(30)12-10-19)21-7-5-6-20(14-21)16-33/h5-14,18,23H,15H2,1-4H3,(H,34,36). The lowest BCUT2D eigenvalue weighted by molar-refractivity contribution is -0.138. The van der Waals surface area contributed by atoms with Gasteiger partial charge in [-0.3, -0.25) is 4.79 Å². The third-order valence-electron chi connectivity index (χ3n) is 6.16. The third-order valence-corrected chi connectivity index (χ3v) is 6.73. The molecule has 3 rings (SSSR count). The van der Waals surface area contributed by atoms with Crippen LogP contribution in [0.25, 0.3) is 0 Å². The van der Waals surface area contributed by atoms with Crippen LogP contribution < -0.4 is 5.32 Å². The number of ether oxygens (including phenoxy) is 1. The van der Waals surface area contributed by atoms with E-state index in [1.807, 2.05) is 25.1 Å². The SMILES string of the molecule is Cc1ccc(Cl)c(C(=O)OC(C)(C)C(=O)NC(C)C(Cc2ccc(Cl)cc2)c2cccc(C#N)c2)c1F. The second-order valence-corrected chi connectivity index (χ2v) is 10.2. The summed E-state index contributed by atoms with van der Waals surface area (Å²) in [6, 6.07) is 19.2. The summed E-state index contributed by atoms with van der Waals surface area (Å²) in [5.74, 6) is -2.59. The van der Waals surface area contributed by atoms with Crippen LogP contribution in [0, 0.1) is 24.1 Å². The summed E-state index contributed by atoms with van der Waals surface area (Å²) in [6.07, 6.45) is 0.553. The number of hydrogen-bond donors (Lipinski definition) is 1. The molecule has 3 aromatic rings. The molecule has 0 radical (unpaired) electrons. The van der Waals surface area contributed by atoms with E-state index in [1.54, 1.807) is 30.3 Å². The third kappa shape index (κ3) is 6.88. The number of nitrogens with zero attached hydrogens (tertiary/aromatic N) is 1. The Balaban J connectivity index is 1.83. The Morgan fingerprint density at radius 2 is 1.78 bits per heavy atom. The number of amides is 1. The van der Waals surface area contributed by atoms with E-state index in [-0.39, 0.29) is 16.5 Å². The summed E-state index contributed by atoms with van der Waals surface area (Å²) in [5, 5.41) is 12.8. The van der Waals surface area contributed by atoms with Gasteiger partial charge >= 0.3 is 5.97 Å². The second-order valence-electron chi connectivity index (χ2n) is 9.39. The van der Waals surface area contributed by atoms with Crippen LogP contribution in [0.5, 0.6) is 0 Å². The van der Waals surface area contributed by atoms with Crippen molar-refractivity contribution in [1.29, 1.82) is 5.26 Å². The molecular formula is C29H27Cl2FN2O3. The van der Waals surface area contributed by atoms with Crippen LogP contribution in [0.15, 0.2) is 60.7 Å². The van der Waals surface area contributed by atoms with Crippen LogP contribution in [0.3, 0.4) is 0 Å². The molecule has 2 unspecified atom stereocenters. The van der Waals surface area contributed by atoms with Gasteiger partial charge in [-0.25, -0.2) is 9.18 Å². The quantitative estimate of drug-likeness (QED) is 0.319. The Morgan fingerprint density at radius 3 is 2.43 bits per heavy atom. The predicted octanol–water partition coefficient (Wildman–Crippen LogP) is 6.78. The zero-order valence-corrected chi connectivity index (χ0v) is 22.5. The van der Waals surface area contributed by atoms with Crippen LogP contribution in [-0.2, 0) is 16.0 Å². The van der Waals surface area contributed by atoms with Gasteiger partial charge < -0.3 is 10.1 Å². The topological polar surface area (TPSA) is 79.2 Å². The average molecular weight is 541 g/mol. The molecule has 0 saturated heterocycles. The van der Waals surface area contributed by atoms with Crippen molar-refractivity contribution in [2.24, 2.45) is 0 Å². The minimum Gasteiger partial charge on any atom is -0.446 e. The molecular weight excluding hydrogens is 514 g/mol. The summed E-state index contributed by atoms with van der Waals surface area (Å²) in [6.45, 7) is 6.20. The Labute approximate surface area is 226 Å². The number of nitrogens with one attached hydrogen (secondary N) is 1. The van der Waals surface area contributed by atoms with Gasteiger partial charge in [0, 0.05) is 17.0 Å². The summed E-state index contributed by atoms with van der Waals surface area (Å²) >= 11 is 12.1. The lowest BCUT2D eigenvalue weighted by atomic mass is 9.85. The number of benzene rings is 3. The van der Waals surface area contributed by atoms with Crippen LogP contribution in [-0.4, -0.2) is 23.5 Å². The van der Waals surface area contributed by atoms with Gasteiger partial charge in [-0.1, -0.05) is 53.5 Å². The molecule has 192 valence electrons. The van der Waals surface area contributed by atoms with Gasteiger partial charge in [-0.05, 0) is 81.1 Å². The highest BCUT2D eigenvalue weighted by atomic mass is 35.5. The van der Waals surface area contributed by atoms with E-state index in [0.29, 0.717) is 17.0 Å². The number of hydrogen-bond acceptors (Lipinski definition) is 4. The van der Waals surface area contributed by atoms with Crippen molar-refractivity contribution in [2.75, 3.05) is 0 Å². The molecule has 1 N–H and O–H groups in total. The summed E-state index contributed by atoms with van der Waals surface area (Å²) in [5.41, 5.74) is 0.563. The van der Waals surface area contributed by atoms with E-state index in [0.717, 1.165) is 11.1 Å². The molecule has 0 aliphatic carbocycles. The highest BCUT2D eigenvalue weighted by molar-refractivity contribution is 6.33. The zero-order chi connectivity index (χ0) is 27.3. The van der Waals surface area contributed by atoms with Crippen molar-refractivity contribution >= 4 is 35.1 Å². The van der Waals surface area contributed by atoms with Crippen molar-refractivity contribution in [3.63, 3.8) is 0 Å². The predicted molar refractivity (Wildman–Crippen MR) is 142 cm³/mol. The fraction of sp³-hybridized carbons (Fsp3) is 0.276. The molecule has 0 heterocycles. The number of carbonyl (C=O) groups is 2. The second kappa shape index (κ2) is 11.8. The first kappa shape index (κ1) is 28.2. The smallest absolute Gasteiger partial charge is 0.343 e. The molecule has 2 atom stereocenters. The molecule has 1 amide bonds. The molecule has 8 heteroatoms. The number of rotatable bonds is 8. The largest absolute Gasteiger partial charge is 0.446 e. The first-order chi connectivity index (χ1) is 17.4. The minimum atomic E-state index is -1.62. The van der Waals surface area contributed by atoms with Gasteiger partial charge in [0.25, 0.3) is 5.91 Å². The molecule has 0 spiro atoms.